The van der Waals surface area contributed by atoms with E-state index >= 15 is 0 Å². The van der Waals surface area contributed by atoms with Crippen LogP contribution in [0.25, 0.3) is 0 Å². The van der Waals surface area contributed by atoms with Gasteiger partial charge in [0.15, 0.2) is 0 Å². The van der Waals surface area contributed by atoms with Gasteiger partial charge in [0.1, 0.15) is 5.83 Å². The lowest BCUT2D eigenvalue weighted by Crippen LogP contribution is -2.65. The van der Waals surface area contributed by atoms with Gasteiger partial charge >= 0.3 is 5.97 Å². The van der Waals surface area contributed by atoms with Crippen LogP contribution in [0.5, 0.6) is 0 Å². The maximum absolute atomic E-state index is 14.1. The van der Waals surface area contributed by atoms with Crippen molar-refractivity contribution in [2.24, 2.45) is 17.1 Å². The second kappa shape index (κ2) is 5.29. The molecule has 144 valence electrons. The van der Waals surface area contributed by atoms with Crippen LogP contribution in [0.3, 0.4) is 0 Å². The minimum absolute atomic E-state index is 0.0503. The molecule has 1 spiro atoms. The molecule has 0 aromatic carbocycles. The molecular formula is C20H24FN3O3. The summed E-state index contributed by atoms with van der Waals surface area (Å²) < 4.78 is 14.1. The number of hydrogen-bond acceptors (Lipinski definition) is 4. The molecule has 5 aliphatic rings. The smallest absolute Gasteiger partial charge is 0.334 e. The number of amides is 1. The maximum atomic E-state index is 14.1. The summed E-state index contributed by atoms with van der Waals surface area (Å²) in [5.74, 6) is -1.98. The van der Waals surface area contributed by atoms with E-state index in [9.17, 15) is 19.1 Å². The summed E-state index contributed by atoms with van der Waals surface area (Å²) in [5.41, 5.74) is 6.91. The minimum Gasteiger partial charge on any atom is -0.479 e. The number of likely N-dealkylation sites (tertiary alicyclic amines) is 1. The third kappa shape index (κ3) is 2.24. The molecule has 0 bridgehead atoms. The predicted molar refractivity (Wildman–Crippen MR) is 95.7 cm³/mol. The quantitative estimate of drug-likeness (QED) is 0.738. The number of nitrogens with zero attached hydrogens (tertiary/aromatic N) is 2. The Labute approximate surface area is 157 Å². The van der Waals surface area contributed by atoms with E-state index in [1.165, 1.54) is 11.0 Å². The molecular weight excluding hydrogens is 349 g/mol. The first-order valence-corrected chi connectivity index (χ1v) is 9.65. The number of hydrogen-bond donors (Lipinski definition) is 2. The highest BCUT2D eigenvalue weighted by molar-refractivity contribution is 6.09. The SMILES string of the molecule is CC1=CC(F)=CN2C(=O)C(C(=O)O)(N3CC(N)C4(CC4)C3)CC(C3CC3)=C12. The Kier molecular flexibility index (Phi) is 3.36. The normalized spacial score (nSPS) is 35.3. The molecule has 3 fully saturated rings. The lowest BCUT2D eigenvalue weighted by Gasteiger charge is -2.45. The van der Waals surface area contributed by atoms with Crippen molar-refractivity contribution in [3.05, 3.63) is 34.9 Å². The van der Waals surface area contributed by atoms with E-state index < -0.39 is 23.2 Å². The van der Waals surface area contributed by atoms with Gasteiger partial charge in [0, 0.05) is 31.8 Å². The molecule has 2 unspecified atom stereocenters. The Hall–Kier alpha value is -1.99. The number of carboxylic acids is 1. The predicted octanol–water partition coefficient (Wildman–Crippen LogP) is 1.90. The molecule has 1 amide bonds. The van der Waals surface area contributed by atoms with Crippen LogP contribution in [-0.4, -0.2) is 51.5 Å². The standard InChI is InChI=1S/C20H24FN3O3/c1-11-6-13(21)8-24-16(11)14(12-2-3-12)7-20(17(24)25,18(26)27)23-9-15(22)19(10-23)4-5-19/h6,8,12,15H,2-5,7,9-10,22H2,1H3,(H,26,27). The summed E-state index contributed by atoms with van der Waals surface area (Å²) in [4.78, 5) is 29.1. The van der Waals surface area contributed by atoms with Gasteiger partial charge in [-0.2, -0.15) is 0 Å². The van der Waals surface area contributed by atoms with Crippen LogP contribution in [0, 0.1) is 11.3 Å². The third-order valence-electron chi connectivity index (χ3n) is 7.11. The fourth-order valence-electron chi connectivity index (χ4n) is 5.18. The number of rotatable bonds is 3. The Bertz CT molecular complexity index is 853. The maximum Gasteiger partial charge on any atom is 0.334 e. The van der Waals surface area contributed by atoms with Crippen molar-refractivity contribution in [2.45, 2.75) is 50.6 Å². The number of nitrogens with two attached hydrogens (primary N) is 1. The zero-order chi connectivity index (χ0) is 19.1. The van der Waals surface area contributed by atoms with Crippen molar-refractivity contribution in [3.63, 3.8) is 0 Å². The molecule has 0 radical (unpaired) electrons. The molecule has 1 saturated heterocycles. The van der Waals surface area contributed by atoms with E-state index in [1.54, 1.807) is 11.8 Å². The van der Waals surface area contributed by atoms with Gasteiger partial charge in [-0.1, -0.05) is 0 Å². The van der Waals surface area contributed by atoms with E-state index in [4.69, 9.17) is 5.73 Å². The molecule has 2 saturated carbocycles. The van der Waals surface area contributed by atoms with Gasteiger partial charge < -0.3 is 10.8 Å². The first kappa shape index (κ1) is 17.1. The van der Waals surface area contributed by atoms with E-state index in [0.717, 1.165) is 37.5 Å². The highest BCUT2D eigenvalue weighted by Gasteiger charge is 2.64. The van der Waals surface area contributed by atoms with E-state index in [2.05, 4.69) is 0 Å². The van der Waals surface area contributed by atoms with Gasteiger partial charge in [-0.25, -0.2) is 9.18 Å². The van der Waals surface area contributed by atoms with Crippen molar-refractivity contribution in [1.29, 1.82) is 0 Å². The van der Waals surface area contributed by atoms with Crippen molar-refractivity contribution in [3.8, 4) is 0 Å². The zero-order valence-corrected chi connectivity index (χ0v) is 15.4. The summed E-state index contributed by atoms with van der Waals surface area (Å²) in [5, 5.41) is 10.3. The molecule has 3 aliphatic heterocycles. The second-order valence-corrected chi connectivity index (χ2v) is 8.86. The summed E-state index contributed by atoms with van der Waals surface area (Å²) >= 11 is 0. The molecule has 0 aromatic heterocycles. The van der Waals surface area contributed by atoms with Gasteiger partial charge in [-0.3, -0.25) is 14.6 Å². The van der Waals surface area contributed by atoms with Crippen LogP contribution in [-0.2, 0) is 9.59 Å². The fraction of sp³-hybridized carbons (Fsp3) is 0.600. The van der Waals surface area contributed by atoms with E-state index in [-0.39, 0.29) is 23.8 Å². The third-order valence-corrected chi connectivity index (χ3v) is 7.11. The summed E-state index contributed by atoms with van der Waals surface area (Å²) in [6.45, 7) is 2.69. The zero-order valence-electron chi connectivity index (χ0n) is 15.4. The highest BCUT2D eigenvalue weighted by Crippen LogP contribution is 2.56. The van der Waals surface area contributed by atoms with Crippen molar-refractivity contribution in [1.82, 2.24) is 9.80 Å². The van der Waals surface area contributed by atoms with Crippen LogP contribution in [0.1, 0.15) is 39.0 Å². The number of carboxylic acid groups (broad SMARTS) is 1. The molecule has 2 atom stereocenters. The van der Waals surface area contributed by atoms with Gasteiger partial charge in [-0.05, 0) is 61.2 Å². The number of aliphatic carboxylic acids is 1. The topological polar surface area (TPSA) is 86.9 Å². The van der Waals surface area contributed by atoms with Gasteiger partial charge in [-0.15, -0.1) is 0 Å². The highest BCUT2D eigenvalue weighted by atomic mass is 19.1. The van der Waals surface area contributed by atoms with Crippen LogP contribution in [0.15, 0.2) is 34.9 Å². The number of halogens is 1. The molecule has 3 N–H and O–H groups in total. The molecule has 6 nitrogen and oxygen atoms in total. The van der Waals surface area contributed by atoms with Gasteiger partial charge in [0.25, 0.3) is 5.91 Å². The summed E-state index contributed by atoms with van der Waals surface area (Å²) in [7, 11) is 0. The van der Waals surface area contributed by atoms with E-state index in [0.29, 0.717) is 24.4 Å². The summed E-state index contributed by atoms with van der Waals surface area (Å²) in [6.07, 6.45) is 6.66. The Morgan fingerprint density at radius 3 is 2.63 bits per heavy atom. The molecule has 3 heterocycles. The monoisotopic (exact) mass is 373 g/mol. The summed E-state index contributed by atoms with van der Waals surface area (Å²) in [6, 6.07) is -0.119. The first-order chi connectivity index (χ1) is 12.8. The van der Waals surface area contributed by atoms with Crippen molar-refractivity contribution in [2.75, 3.05) is 13.1 Å². The van der Waals surface area contributed by atoms with Crippen LogP contribution >= 0.6 is 0 Å². The average molecular weight is 373 g/mol. The van der Waals surface area contributed by atoms with Gasteiger partial charge in [0.05, 0.1) is 5.70 Å². The fourth-order valence-corrected chi connectivity index (χ4v) is 5.18. The molecule has 0 aromatic rings. The van der Waals surface area contributed by atoms with E-state index in [1.807, 2.05) is 0 Å². The van der Waals surface area contributed by atoms with Crippen molar-refractivity contribution >= 4 is 11.9 Å². The van der Waals surface area contributed by atoms with Gasteiger partial charge in [0.2, 0.25) is 5.54 Å². The number of carbonyl (C=O) groups is 2. The minimum atomic E-state index is -1.69. The first-order valence-electron chi connectivity index (χ1n) is 9.65. The average Bonchev–Trinajstić information content (AvgIpc) is 3.48. The Morgan fingerprint density at radius 1 is 1.37 bits per heavy atom. The lowest BCUT2D eigenvalue weighted by atomic mass is 9.79. The van der Waals surface area contributed by atoms with Crippen LogP contribution in [0.2, 0.25) is 0 Å². The van der Waals surface area contributed by atoms with Crippen LogP contribution < -0.4 is 5.73 Å². The number of carbonyl (C=O) groups excluding carboxylic acids is 1. The number of allylic oxidation sites excluding steroid dienone is 3. The molecule has 5 rings (SSSR count). The number of fused-ring (bicyclic) bond motifs is 1. The molecule has 27 heavy (non-hydrogen) atoms. The molecule has 2 aliphatic carbocycles. The Balaban J connectivity index is 1.64. The molecule has 7 heteroatoms. The van der Waals surface area contributed by atoms with Crippen molar-refractivity contribution < 1.29 is 19.1 Å². The van der Waals surface area contributed by atoms with Crippen LogP contribution in [0.4, 0.5) is 4.39 Å². The Morgan fingerprint density at radius 2 is 2.07 bits per heavy atom. The largest absolute Gasteiger partial charge is 0.479 e. The lowest BCUT2D eigenvalue weighted by molar-refractivity contribution is -0.162. The second-order valence-electron chi connectivity index (χ2n) is 8.86.